The van der Waals surface area contributed by atoms with Crippen LogP contribution in [0, 0.1) is 18.8 Å². The largest absolute Gasteiger partial charge is 0.466 e. The van der Waals surface area contributed by atoms with Crippen LogP contribution in [0.25, 0.3) is 0 Å². The molecule has 1 unspecified atom stereocenters. The molecule has 1 saturated heterocycles. The smallest absolute Gasteiger partial charge is 0.395 e. The summed E-state index contributed by atoms with van der Waals surface area (Å²) in [5.41, 5.74) is 1.14. The molecule has 0 radical (unpaired) electrons. The fourth-order valence-electron chi connectivity index (χ4n) is 3.64. The molecule has 0 amide bonds. The van der Waals surface area contributed by atoms with Gasteiger partial charge in [0.15, 0.2) is 5.78 Å². The van der Waals surface area contributed by atoms with Gasteiger partial charge in [-0.3, -0.25) is 14.6 Å². The van der Waals surface area contributed by atoms with E-state index in [9.17, 15) is 22.8 Å². The summed E-state index contributed by atoms with van der Waals surface area (Å²) in [5.74, 6) is -5.39. The number of ketones is 1. The van der Waals surface area contributed by atoms with Gasteiger partial charge in [0, 0.05) is 11.8 Å². The molecular formula is C19H19F3N2O3. The molecule has 2 aliphatic heterocycles. The first-order chi connectivity index (χ1) is 12.8. The van der Waals surface area contributed by atoms with Crippen LogP contribution in [0.3, 0.4) is 0 Å². The third kappa shape index (κ3) is 3.48. The van der Waals surface area contributed by atoms with Crippen LogP contribution in [-0.4, -0.2) is 47.8 Å². The second-order valence-corrected chi connectivity index (χ2v) is 6.54. The predicted molar refractivity (Wildman–Crippen MR) is 92.2 cm³/mol. The van der Waals surface area contributed by atoms with Crippen molar-refractivity contribution in [2.45, 2.75) is 32.1 Å². The minimum atomic E-state index is -4.69. The Morgan fingerprint density at radius 3 is 2.48 bits per heavy atom. The topological polar surface area (TPSA) is 59.0 Å². The number of aryl methyl sites for hydroxylation is 1. The zero-order valence-electron chi connectivity index (χ0n) is 14.8. The molecule has 4 atom stereocenters. The number of hydrogen-bond acceptors (Lipinski definition) is 5. The number of ether oxygens (including phenoxy) is 1. The number of hydrazone groups is 1. The van der Waals surface area contributed by atoms with E-state index in [-0.39, 0.29) is 12.2 Å². The standard InChI is InChI=1S/C19H19F3N2O3/c1-3-27-18(26)14-15(19(20,21)22)13-5-4-10-23-24(13)16(14)17(25)12-8-6-11(2)7-9-12/h4-10,13-16H,3H2,1-2H3/t13-,14-,15?,16-/m0/s1. The van der Waals surface area contributed by atoms with Gasteiger partial charge in [-0.25, -0.2) is 0 Å². The van der Waals surface area contributed by atoms with Crippen molar-refractivity contribution in [3.8, 4) is 0 Å². The zero-order chi connectivity index (χ0) is 19.8. The highest BCUT2D eigenvalue weighted by Crippen LogP contribution is 2.47. The number of hydrogen-bond donors (Lipinski definition) is 0. The van der Waals surface area contributed by atoms with Gasteiger partial charge in [0.25, 0.3) is 0 Å². The normalized spacial score (nSPS) is 26.8. The monoisotopic (exact) mass is 380 g/mol. The minimum absolute atomic E-state index is 0.0743. The van der Waals surface area contributed by atoms with Gasteiger partial charge in [0.05, 0.1) is 18.6 Å². The van der Waals surface area contributed by atoms with Crippen molar-refractivity contribution in [1.29, 1.82) is 0 Å². The molecule has 0 aliphatic carbocycles. The lowest BCUT2D eigenvalue weighted by Gasteiger charge is -2.28. The first kappa shape index (κ1) is 19.1. The molecule has 1 aromatic carbocycles. The van der Waals surface area contributed by atoms with Crippen LogP contribution in [0.1, 0.15) is 22.8 Å². The third-order valence-electron chi connectivity index (χ3n) is 4.82. The average molecular weight is 380 g/mol. The number of alkyl halides is 3. The van der Waals surface area contributed by atoms with Crippen molar-refractivity contribution in [1.82, 2.24) is 5.01 Å². The fraction of sp³-hybridized carbons (Fsp3) is 0.421. The molecule has 1 fully saturated rings. The molecule has 27 heavy (non-hydrogen) atoms. The second kappa shape index (κ2) is 7.17. The Morgan fingerprint density at radius 1 is 1.22 bits per heavy atom. The molecule has 1 aromatic rings. The van der Waals surface area contributed by atoms with Crippen LogP contribution in [0.5, 0.6) is 0 Å². The lowest BCUT2D eigenvalue weighted by molar-refractivity contribution is -0.195. The zero-order valence-corrected chi connectivity index (χ0v) is 14.8. The molecular weight excluding hydrogens is 361 g/mol. The summed E-state index contributed by atoms with van der Waals surface area (Å²) in [7, 11) is 0. The Hall–Kier alpha value is -2.64. The maximum atomic E-state index is 13.8. The molecule has 3 rings (SSSR count). The van der Waals surface area contributed by atoms with Gasteiger partial charge in [0.2, 0.25) is 0 Å². The summed E-state index contributed by atoms with van der Waals surface area (Å²) in [4.78, 5) is 25.6. The van der Waals surface area contributed by atoms with Crippen molar-refractivity contribution in [2.24, 2.45) is 16.9 Å². The maximum absolute atomic E-state index is 13.8. The van der Waals surface area contributed by atoms with Crippen LogP contribution >= 0.6 is 0 Å². The van der Waals surface area contributed by atoms with Crippen molar-refractivity contribution in [3.63, 3.8) is 0 Å². The van der Waals surface area contributed by atoms with Gasteiger partial charge in [-0.05, 0) is 19.9 Å². The summed E-state index contributed by atoms with van der Waals surface area (Å²) in [6.45, 7) is 3.27. The number of allylic oxidation sites excluding steroid dienone is 1. The molecule has 0 aromatic heterocycles. The summed E-state index contributed by atoms with van der Waals surface area (Å²) in [6.07, 6.45) is -0.673. The van der Waals surface area contributed by atoms with E-state index in [0.717, 1.165) is 10.6 Å². The van der Waals surface area contributed by atoms with E-state index in [1.165, 1.54) is 25.3 Å². The van der Waals surface area contributed by atoms with Crippen LogP contribution < -0.4 is 0 Å². The van der Waals surface area contributed by atoms with E-state index >= 15 is 0 Å². The van der Waals surface area contributed by atoms with E-state index in [1.54, 1.807) is 24.3 Å². The lowest BCUT2D eigenvalue weighted by atomic mass is 9.83. The summed E-state index contributed by atoms with van der Waals surface area (Å²) in [6, 6.07) is 3.85. The number of fused-ring (bicyclic) bond motifs is 1. The maximum Gasteiger partial charge on any atom is 0.395 e. The molecule has 5 nitrogen and oxygen atoms in total. The Morgan fingerprint density at radius 2 is 1.89 bits per heavy atom. The van der Waals surface area contributed by atoms with Crippen molar-refractivity contribution in [3.05, 3.63) is 47.5 Å². The minimum Gasteiger partial charge on any atom is -0.466 e. The van der Waals surface area contributed by atoms with Gasteiger partial charge in [0.1, 0.15) is 12.0 Å². The van der Waals surface area contributed by atoms with Crippen LogP contribution in [-0.2, 0) is 9.53 Å². The van der Waals surface area contributed by atoms with Gasteiger partial charge >= 0.3 is 12.1 Å². The van der Waals surface area contributed by atoms with E-state index < -0.39 is 41.8 Å². The Bertz CT molecular complexity index is 786. The number of halogens is 3. The van der Waals surface area contributed by atoms with Crippen LogP contribution in [0.4, 0.5) is 13.2 Å². The molecule has 0 saturated carbocycles. The van der Waals surface area contributed by atoms with Crippen LogP contribution in [0.15, 0.2) is 41.5 Å². The summed E-state index contributed by atoms with van der Waals surface area (Å²) in [5, 5.41) is 5.07. The average Bonchev–Trinajstić information content (AvgIpc) is 2.97. The lowest BCUT2D eigenvalue weighted by Crippen LogP contribution is -2.43. The molecule has 144 valence electrons. The molecule has 2 aliphatic rings. The van der Waals surface area contributed by atoms with Crippen molar-refractivity contribution in [2.75, 3.05) is 6.61 Å². The Balaban J connectivity index is 2.08. The highest BCUT2D eigenvalue weighted by Gasteiger charge is 2.64. The number of nitrogens with zero attached hydrogens (tertiary/aromatic N) is 2. The predicted octanol–water partition coefficient (Wildman–Crippen LogP) is 3.14. The first-order valence-electron chi connectivity index (χ1n) is 8.59. The Kier molecular flexibility index (Phi) is 5.08. The van der Waals surface area contributed by atoms with Gasteiger partial charge in [-0.2, -0.15) is 18.3 Å². The van der Waals surface area contributed by atoms with E-state index in [4.69, 9.17) is 4.74 Å². The molecule has 8 heteroatoms. The van der Waals surface area contributed by atoms with Crippen LogP contribution in [0.2, 0.25) is 0 Å². The number of Topliss-reactive ketones (excluding diaryl/α,β-unsaturated/α-hetero) is 1. The SMILES string of the molecule is CCOC(=O)[C@H]1C(C(F)(F)F)[C@@H]2C=CC=NN2[C@@H]1C(=O)c1ccc(C)cc1. The highest BCUT2D eigenvalue weighted by atomic mass is 19.4. The number of esters is 1. The Labute approximate surface area is 154 Å². The number of carbonyl (C=O) groups excluding carboxylic acids is 2. The van der Waals surface area contributed by atoms with Crippen molar-refractivity contribution >= 4 is 18.0 Å². The molecule has 2 heterocycles. The van der Waals surface area contributed by atoms with Gasteiger partial charge < -0.3 is 4.74 Å². The first-order valence-corrected chi connectivity index (χ1v) is 8.59. The van der Waals surface area contributed by atoms with Crippen molar-refractivity contribution < 1.29 is 27.5 Å². The van der Waals surface area contributed by atoms with E-state index in [0.29, 0.717) is 0 Å². The van der Waals surface area contributed by atoms with Gasteiger partial charge in [-0.1, -0.05) is 35.9 Å². The number of carbonyl (C=O) groups is 2. The fourth-order valence-corrected chi connectivity index (χ4v) is 3.64. The summed E-state index contributed by atoms with van der Waals surface area (Å²) >= 11 is 0. The molecule has 0 N–H and O–H groups in total. The van der Waals surface area contributed by atoms with E-state index in [1.807, 2.05) is 6.92 Å². The third-order valence-corrected chi connectivity index (χ3v) is 4.82. The number of rotatable bonds is 4. The number of benzene rings is 1. The highest BCUT2D eigenvalue weighted by molar-refractivity contribution is 6.03. The van der Waals surface area contributed by atoms with Gasteiger partial charge in [-0.15, -0.1) is 0 Å². The summed E-state index contributed by atoms with van der Waals surface area (Å²) < 4.78 is 46.4. The molecule has 0 bridgehead atoms. The van der Waals surface area contributed by atoms with E-state index in [2.05, 4.69) is 5.10 Å². The second-order valence-electron chi connectivity index (χ2n) is 6.54. The molecule has 0 spiro atoms. The quantitative estimate of drug-likeness (QED) is 0.595.